The number of hydrogen-bond donors (Lipinski definition) is 1. The van der Waals surface area contributed by atoms with Crippen LogP contribution >= 0.6 is 0 Å². The van der Waals surface area contributed by atoms with Crippen LogP contribution in [0.4, 0.5) is 10.1 Å². The summed E-state index contributed by atoms with van der Waals surface area (Å²) in [5, 5.41) is 0. The molecule has 1 aromatic rings. The van der Waals surface area contributed by atoms with E-state index in [9.17, 15) is 9.18 Å². The van der Waals surface area contributed by atoms with Gasteiger partial charge >= 0.3 is 0 Å². The second-order valence-electron chi connectivity index (χ2n) is 5.65. The van der Waals surface area contributed by atoms with Gasteiger partial charge in [0.1, 0.15) is 5.82 Å². The summed E-state index contributed by atoms with van der Waals surface area (Å²) in [6, 6.07) is 4.45. The highest BCUT2D eigenvalue weighted by molar-refractivity contribution is 5.95. The van der Waals surface area contributed by atoms with Crippen LogP contribution in [-0.2, 0) is 0 Å². The molecule has 1 aliphatic carbocycles. The molecule has 2 rings (SSSR count). The molecule has 0 radical (unpaired) electrons. The van der Waals surface area contributed by atoms with Crippen LogP contribution in [0.5, 0.6) is 0 Å². The highest BCUT2D eigenvalue weighted by atomic mass is 19.1. The van der Waals surface area contributed by atoms with Crippen molar-refractivity contribution in [2.45, 2.75) is 39.2 Å². The number of carbonyl (C=O) groups excluding carboxylic acids is 1. The van der Waals surface area contributed by atoms with E-state index < -0.39 is 5.82 Å². The third-order valence-corrected chi connectivity index (χ3v) is 3.42. The Kier molecular flexibility index (Phi) is 4.08. The number of carbonyl (C=O) groups is 1. The normalized spacial score (nSPS) is 14.7. The van der Waals surface area contributed by atoms with E-state index in [1.54, 1.807) is 4.90 Å². The molecular formula is C15H21FN2O. The van der Waals surface area contributed by atoms with Crippen LogP contribution in [0.2, 0.25) is 0 Å². The number of benzene rings is 1. The highest BCUT2D eigenvalue weighted by Crippen LogP contribution is 2.29. The molecule has 2 N–H and O–H groups in total. The van der Waals surface area contributed by atoms with Gasteiger partial charge in [0.25, 0.3) is 5.91 Å². The van der Waals surface area contributed by atoms with Gasteiger partial charge in [-0.3, -0.25) is 4.79 Å². The van der Waals surface area contributed by atoms with Crippen LogP contribution in [0.3, 0.4) is 0 Å². The van der Waals surface area contributed by atoms with Gasteiger partial charge in [0.05, 0.1) is 5.56 Å². The SMILES string of the molecule is CC(C)CCN(C(=O)c1cc(N)ccc1F)C1CC1. The van der Waals surface area contributed by atoms with Crippen molar-refractivity contribution >= 4 is 11.6 Å². The lowest BCUT2D eigenvalue weighted by Crippen LogP contribution is -2.35. The van der Waals surface area contributed by atoms with E-state index in [0.717, 1.165) is 19.3 Å². The Balaban J connectivity index is 2.16. The fourth-order valence-corrected chi connectivity index (χ4v) is 2.09. The monoisotopic (exact) mass is 264 g/mol. The van der Waals surface area contributed by atoms with Gasteiger partial charge in [0.2, 0.25) is 0 Å². The average Bonchev–Trinajstić information content (AvgIpc) is 3.16. The van der Waals surface area contributed by atoms with Gasteiger partial charge in [-0.2, -0.15) is 0 Å². The topological polar surface area (TPSA) is 46.3 Å². The summed E-state index contributed by atoms with van der Waals surface area (Å²) in [6.07, 6.45) is 2.98. The third-order valence-electron chi connectivity index (χ3n) is 3.42. The van der Waals surface area contributed by atoms with Crippen molar-refractivity contribution in [2.24, 2.45) is 5.92 Å². The molecule has 4 heteroatoms. The molecule has 1 fully saturated rings. The molecule has 1 saturated carbocycles. The second kappa shape index (κ2) is 5.59. The summed E-state index contributed by atoms with van der Waals surface area (Å²) < 4.78 is 13.8. The molecule has 19 heavy (non-hydrogen) atoms. The molecule has 0 bridgehead atoms. The Morgan fingerprint density at radius 1 is 1.47 bits per heavy atom. The molecule has 1 amide bonds. The van der Waals surface area contributed by atoms with Gasteiger partial charge in [-0.1, -0.05) is 13.8 Å². The second-order valence-corrected chi connectivity index (χ2v) is 5.65. The quantitative estimate of drug-likeness (QED) is 0.831. The van der Waals surface area contributed by atoms with E-state index >= 15 is 0 Å². The summed E-state index contributed by atoms with van der Waals surface area (Å²) in [7, 11) is 0. The summed E-state index contributed by atoms with van der Waals surface area (Å²) >= 11 is 0. The van der Waals surface area contributed by atoms with E-state index in [2.05, 4.69) is 13.8 Å². The van der Waals surface area contributed by atoms with Crippen molar-refractivity contribution in [1.82, 2.24) is 4.90 Å². The fraction of sp³-hybridized carbons (Fsp3) is 0.533. The molecule has 0 aromatic heterocycles. The van der Waals surface area contributed by atoms with Crippen molar-refractivity contribution in [2.75, 3.05) is 12.3 Å². The zero-order chi connectivity index (χ0) is 14.0. The van der Waals surface area contributed by atoms with Crippen LogP contribution in [0.15, 0.2) is 18.2 Å². The van der Waals surface area contributed by atoms with E-state index in [0.29, 0.717) is 18.2 Å². The van der Waals surface area contributed by atoms with Crippen LogP contribution in [0.1, 0.15) is 43.5 Å². The number of nitrogens with two attached hydrogens (primary N) is 1. The minimum atomic E-state index is -0.491. The van der Waals surface area contributed by atoms with Crippen molar-refractivity contribution in [1.29, 1.82) is 0 Å². The largest absolute Gasteiger partial charge is 0.399 e. The molecule has 1 aromatic carbocycles. The number of anilines is 1. The van der Waals surface area contributed by atoms with Crippen molar-refractivity contribution in [3.63, 3.8) is 0 Å². The summed E-state index contributed by atoms with van der Waals surface area (Å²) in [4.78, 5) is 14.2. The Labute approximate surface area is 113 Å². The number of rotatable bonds is 5. The van der Waals surface area contributed by atoms with E-state index in [-0.39, 0.29) is 17.5 Å². The lowest BCUT2D eigenvalue weighted by molar-refractivity contribution is 0.0731. The van der Waals surface area contributed by atoms with Crippen LogP contribution in [0, 0.1) is 11.7 Å². The first kappa shape index (κ1) is 13.8. The van der Waals surface area contributed by atoms with Crippen molar-refractivity contribution in [3.8, 4) is 0 Å². The fourth-order valence-electron chi connectivity index (χ4n) is 2.09. The van der Waals surface area contributed by atoms with Crippen LogP contribution < -0.4 is 5.73 Å². The van der Waals surface area contributed by atoms with Crippen molar-refractivity contribution in [3.05, 3.63) is 29.6 Å². The third kappa shape index (κ3) is 3.46. The first-order chi connectivity index (χ1) is 8.99. The Morgan fingerprint density at radius 3 is 2.74 bits per heavy atom. The maximum Gasteiger partial charge on any atom is 0.257 e. The molecular weight excluding hydrogens is 243 g/mol. The molecule has 1 aliphatic rings. The number of halogens is 1. The van der Waals surface area contributed by atoms with Gasteiger partial charge in [0, 0.05) is 18.3 Å². The van der Waals surface area contributed by atoms with E-state index in [1.807, 2.05) is 0 Å². The molecule has 0 aliphatic heterocycles. The predicted molar refractivity (Wildman–Crippen MR) is 74.3 cm³/mol. The maximum atomic E-state index is 13.8. The van der Waals surface area contributed by atoms with Gasteiger partial charge in [-0.25, -0.2) is 4.39 Å². The molecule has 0 heterocycles. The first-order valence-electron chi connectivity index (χ1n) is 6.85. The van der Waals surface area contributed by atoms with Gasteiger partial charge in [-0.15, -0.1) is 0 Å². The number of hydrogen-bond acceptors (Lipinski definition) is 2. The smallest absolute Gasteiger partial charge is 0.257 e. The molecule has 104 valence electrons. The number of nitrogen functional groups attached to an aromatic ring is 1. The van der Waals surface area contributed by atoms with Gasteiger partial charge < -0.3 is 10.6 Å². The highest BCUT2D eigenvalue weighted by Gasteiger charge is 2.33. The van der Waals surface area contributed by atoms with E-state index in [4.69, 9.17) is 5.73 Å². The molecule has 0 spiro atoms. The summed E-state index contributed by atoms with van der Waals surface area (Å²) in [5.74, 6) is -0.193. The van der Waals surface area contributed by atoms with E-state index in [1.165, 1.54) is 18.2 Å². The predicted octanol–water partition coefficient (Wildman–Crippen LogP) is 3.06. The van der Waals surface area contributed by atoms with Gasteiger partial charge in [-0.05, 0) is 43.4 Å². The molecule has 0 atom stereocenters. The lowest BCUT2D eigenvalue weighted by atomic mass is 10.1. The Bertz CT molecular complexity index is 469. The lowest BCUT2D eigenvalue weighted by Gasteiger charge is -2.23. The first-order valence-corrected chi connectivity index (χ1v) is 6.85. The Morgan fingerprint density at radius 2 is 2.16 bits per heavy atom. The molecule has 0 unspecified atom stereocenters. The standard InChI is InChI=1S/C15H21FN2O/c1-10(2)7-8-18(12-4-5-12)15(19)13-9-11(17)3-6-14(13)16/h3,6,9-10,12H,4-5,7-8,17H2,1-2H3. The Hall–Kier alpha value is -1.58. The zero-order valence-electron chi connectivity index (χ0n) is 11.5. The maximum absolute atomic E-state index is 13.8. The van der Waals surface area contributed by atoms with Crippen molar-refractivity contribution < 1.29 is 9.18 Å². The molecule has 0 saturated heterocycles. The minimum Gasteiger partial charge on any atom is -0.399 e. The average molecular weight is 264 g/mol. The summed E-state index contributed by atoms with van der Waals surface area (Å²) in [5.41, 5.74) is 6.16. The van der Waals surface area contributed by atoms with Crippen LogP contribution in [-0.4, -0.2) is 23.4 Å². The zero-order valence-corrected chi connectivity index (χ0v) is 11.5. The number of amides is 1. The van der Waals surface area contributed by atoms with Gasteiger partial charge in [0.15, 0.2) is 0 Å². The minimum absolute atomic E-state index is 0.0932. The van der Waals surface area contributed by atoms with Crippen LogP contribution in [0.25, 0.3) is 0 Å². The summed E-state index contributed by atoms with van der Waals surface area (Å²) in [6.45, 7) is 4.93. The number of nitrogens with zero attached hydrogens (tertiary/aromatic N) is 1. The molecule has 3 nitrogen and oxygen atoms in total.